The number of amides is 1. The van der Waals surface area contributed by atoms with E-state index < -0.39 is 11.9 Å². The van der Waals surface area contributed by atoms with Crippen LogP contribution in [0.15, 0.2) is 45.6 Å². The number of methoxy groups -OCH3 is 1. The van der Waals surface area contributed by atoms with Crippen LogP contribution in [0.5, 0.6) is 11.5 Å². The molecule has 34 heavy (non-hydrogen) atoms. The maximum Gasteiger partial charge on any atom is 0.297 e. The van der Waals surface area contributed by atoms with Gasteiger partial charge in [0.05, 0.1) is 30.7 Å². The quantitative estimate of drug-likeness (QED) is 0.398. The molecule has 1 unspecified atom stereocenters. The highest BCUT2D eigenvalue weighted by Gasteiger charge is 2.45. The number of rotatable bonds is 6. The Morgan fingerprint density at radius 3 is 2.62 bits per heavy atom. The SMILES string of the molecule is CCOc1ccc(C2c3c(oc4ccc(C)cc4c3=O)C(=O)N2c2nnc(CC)s2)cc1OC. The molecule has 5 rings (SSSR count). The van der Waals surface area contributed by atoms with E-state index in [4.69, 9.17) is 13.9 Å². The maximum absolute atomic E-state index is 13.7. The van der Waals surface area contributed by atoms with E-state index in [1.807, 2.05) is 32.9 Å². The molecule has 3 heterocycles. The lowest BCUT2D eigenvalue weighted by Crippen LogP contribution is -2.29. The van der Waals surface area contributed by atoms with Crippen molar-refractivity contribution < 1.29 is 18.7 Å². The van der Waals surface area contributed by atoms with Crippen LogP contribution in [-0.4, -0.2) is 29.8 Å². The van der Waals surface area contributed by atoms with Gasteiger partial charge in [0.15, 0.2) is 16.9 Å². The van der Waals surface area contributed by atoms with Crippen LogP contribution < -0.4 is 19.8 Å². The zero-order valence-electron chi connectivity index (χ0n) is 19.2. The summed E-state index contributed by atoms with van der Waals surface area (Å²) < 4.78 is 17.2. The third-order valence-corrected chi connectivity index (χ3v) is 6.86. The van der Waals surface area contributed by atoms with E-state index in [-0.39, 0.29) is 16.8 Å². The number of aromatic nitrogens is 2. The highest BCUT2D eigenvalue weighted by molar-refractivity contribution is 7.15. The summed E-state index contributed by atoms with van der Waals surface area (Å²) in [7, 11) is 1.55. The van der Waals surface area contributed by atoms with E-state index in [1.165, 1.54) is 16.2 Å². The van der Waals surface area contributed by atoms with E-state index in [1.54, 1.807) is 31.4 Å². The number of hydrogen-bond acceptors (Lipinski definition) is 8. The fourth-order valence-electron chi connectivity index (χ4n) is 4.21. The lowest BCUT2D eigenvalue weighted by Gasteiger charge is -2.23. The Morgan fingerprint density at radius 1 is 1.09 bits per heavy atom. The average Bonchev–Trinajstić information content (AvgIpc) is 3.43. The first kappa shape index (κ1) is 22.1. The minimum Gasteiger partial charge on any atom is -0.493 e. The molecule has 1 aliphatic heterocycles. The molecule has 9 heteroatoms. The Bertz CT molecular complexity index is 1480. The first-order valence-corrected chi connectivity index (χ1v) is 11.8. The fraction of sp³-hybridized carbons (Fsp3) is 0.280. The predicted octanol–water partition coefficient (Wildman–Crippen LogP) is 4.67. The van der Waals surface area contributed by atoms with Gasteiger partial charge in [-0.2, -0.15) is 0 Å². The topological polar surface area (TPSA) is 94.8 Å². The van der Waals surface area contributed by atoms with Crippen LogP contribution in [0.4, 0.5) is 5.13 Å². The number of hydrogen-bond donors (Lipinski definition) is 0. The Kier molecular flexibility index (Phi) is 5.57. The molecule has 0 fully saturated rings. The van der Waals surface area contributed by atoms with Gasteiger partial charge in [-0.25, -0.2) is 0 Å². The number of anilines is 1. The molecule has 0 N–H and O–H groups in total. The molecule has 0 saturated heterocycles. The second-order valence-electron chi connectivity index (χ2n) is 7.93. The van der Waals surface area contributed by atoms with Crippen LogP contribution in [0.25, 0.3) is 11.0 Å². The largest absolute Gasteiger partial charge is 0.493 e. The number of ether oxygens (including phenoxy) is 2. The first-order valence-electron chi connectivity index (χ1n) is 11.0. The smallest absolute Gasteiger partial charge is 0.297 e. The first-order chi connectivity index (χ1) is 16.5. The summed E-state index contributed by atoms with van der Waals surface area (Å²) in [4.78, 5) is 28.9. The van der Waals surface area contributed by atoms with Gasteiger partial charge in [-0.3, -0.25) is 14.5 Å². The maximum atomic E-state index is 13.7. The van der Waals surface area contributed by atoms with Crippen molar-refractivity contribution >= 4 is 33.3 Å². The molecule has 2 aromatic carbocycles. The molecule has 1 amide bonds. The summed E-state index contributed by atoms with van der Waals surface area (Å²) in [6.45, 7) is 6.25. The number of nitrogens with zero attached hydrogens (tertiary/aromatic N) is 3. The van der Waals surface area contributed by atoms with E-state index in [2.05, 4.69) is 10.2 Å². The monoisotopic (exact) mass is 477 g/mol. The van der Waals surface area contributed by atoms with Gasteiger partial charge in [-0.1, -0.05) is 36.0 Å². The van der Waals surface area contributed by atoms with Crippen molar-refractivity contribution in [1.29, 1.82) is 0 Å². The van der Waals surface area contributed by atoms with Crippen molar-refractivity contribution in [3.05, 3.63) is 74.1 Å². The van der Waals surface area contributed by atoms with Crippen molar-refractivity contribution in [2.24, 2.45) is 0 Å². The van der Waals surface area contributed by atoms with Crippen molar-refractivity contribution in [3.8, 4) is 11.5 Å². The molecular weight excluding hydrogens is 454 g/mol. The second kappa shape index (κ2) is 8.57. The summed E-state index contributed by atoms with van der Waals surface area (Å²) in [6.07, 6.45) is 0.689. The van der Waals surface area contributed by atoms with Crippen LogP contribution in [0.2, 0.25) is 0 Å². The summed E-state index contributed by atoms with van der Waals surface area (Å²) in [5, 5.41) is 10.1. The van der Waals surface area contributed by atoms with Gasteiger partial charge >= 0.3 is 0 Å². The molecule has 4 aromatic rings. The minimum atomic E-state index is -0.745. The Morgan fingerprint density at radius 2 is 1.91 bits per heavy atom. The zero-order valence-corrected chi connectivity index (χ0v) is 20.1. The minimum absolute atomic E-state index is 0.0208. The number of benzene rings is 2. The number of carbonyl (C=O) groups is 1. The Labute approximate surface area is 199 Å². The number of carbonyl (C=O) groups excluding carboxylic acids is 1. The van der Waals surface area contributed by atoms with Gasteiger partial charge in [0.25, 0.3) is 5.91 Å². The van der Waals surface area contributed by atoms with Crippen molar-refractivity contribution in [3.63, 3.8) is 0 Å². The lowest BCUT2D eigenvalue weighted by molar-refractivity contribution is 0.0970. The van der Waals surface area contributed by atoms with Crippen LogP contribution in [0.1, 0.15) is 52.1 Å². The number of fused-ring (bicyclic) bond motifs is 2. The van der Waals surface area contributed by atoms with Gasteiger partial charge in [-0.15, -0.1) is 10.2 Å². The predicted molar refractivity (Wildman–Crippen MR) is 129 cm³/mol. The standard InChI is InChI=1S/C25H23N3O5S/c1-5-19-26-27-25(34-19)28-21(14-8-10-17(32-6-2)18(12-14)31-4)20-22(29)15-11-13(3)7-9-16(15)33-23(20)24(28)30/h7-12,21H,5-6H2,1-4H3. The molecule has 1 aliphatic rings. The molecular formula is C25H23N3O5S. The van der Waals surface area contributed by atoms with E-state index in [0.717, 1.165) is 10.6 Å². The van der Waals surface area contributed by atoms with Gasteiger partial charge < -0.3 is 13.9 Å². The van der Waals surface area contributed by atoms with Crippen molar-refractivity contribution in [1.82, 2.24) is 10.2 Å². The van der Waals surface area contributed by atoms with E-state index in [9.17, 15) is 9.59 Å². The second-order valence-corrected chi connectivity index (χ2v) is 8.97. The van der Waals surface area contributed by atoms with Crippen molar-refractivity contribution in [2.75, 3.05) is 18.6 Å². The molecule has 0 saturated carbocycles. The molecule has 1 atom stereocenters. The summed E-state index contributed by atoms with van der Waals surface area (Å²) in [5.41, 5.74) is 2.02. The highest BCUT2D eigenvalue weighted by Crippen LogP contribution is 2.44. The van der Waals surface area contributed by atoms with Crippen LogP contribution in [0, 0.1) is 6.92 Å². The molecule has 2 aromatic heterocycles. The molecule has 8 nitrogen and oxygen atoms in total. The fourth-order valence-corrected chi connectivity index (χ4v) is 5.02. The van der Waals surface area contributed by atoms with Crippen molar-refractivity contribution in [2.45, 2.75) is 33.2 Å². The Balaban J connectivity index is 1.77. The molecule has 0 radical (unpaired) electrons. The van der Waals surface area contributed by atoms with E-state index >= 15 is 0 Å². The summed E-state index contributed by atoms with van der Waals surface area (Å²) in [6, 6.07) is 10.00. The van der Waals surface area contributed by atoms with E-state index in [0.29, 0.717) is 46.2 Å². The third kappa shape index (κ3) is 3.43. The van der Waals surface area contributed by atoms with Crippen LogP contribution >= 0.6 is 11.3 Å². The normalized spacial score (nSPS) is 15.1. The van der Waals surface area contributed by atoms with Gasteiger partial charge in [0.1, 0.15) is 10.6 Å². The molecule has 174 valence electrons. The summed E-state index contributed by atoms with van der Waals surface area (Å²) >= 11 is 1.32. The molecule has 0 spiro atoms. The lowest BCUT2D eigenvalue weighted by atomic mass is 9.98. The zero-order chi connectivity index (χ0) is 24.0. The molecule has 0 aliphatic carbocycles. The average molecular weight is 478 g/mol. The number of aryl methyl sites for hydroxylation is 2. The van der Waals surface area contributed by atoms with Gasteiger partial charge in [-0.05, 0) is 50.1 Å². The summed E-state index contributed by atoms with van der Waals surface area (Å²) in [5.74, 6) is 0.682. The van der Waals surface area contributed by atoms with Gasteiger partial charge in [0, 0.05) is 0 Å². The van der Waals surface area contributed by atoms with Gasteiger partial charge in [0.2, 0.25) is 10.9 Å². The highest BCUT2D eigenvalue weighted by atomic mass is 32.1. The Hall–Kier alpha value is -3.72. The van der Waals surface area contributed by atoms with Crippen LogP contribution in [0.3, 0.4) is 0 Å². The third-order valence-electron chi connectivity index (χ3n) is 5.79. The van der Waals surface area contributed by atoms with Crippen LogP contribution in [-0.2, 0) is 6.42 Å². The molecule has 0 bridgehead atoms.